The van der Waals surface area contributed by atoms with Gasteiger partial charge in [0, 0.05) is 12.6 Å². The topological polar surface area (TPSA) is 12.0 Å². The van der Waals surface area contributed by atoms with Crippen molar-refractivity contribution in [3.8, 4) is 0 Å². The minimum absolute atomic E-state index is 0.318. The van der Waals surface area contributed by atoms with Crippen LogP contribution < -0.4 is 5.32 Å². The van der Waals surface area contributed by atoms with E-state index in [9.17, 15) is 0 Å². The Morgan fingerprint density at radius 3 is 2.18 bits per heavy atom. The summed E-state index contributed by atoms with van der Waals surface area (Å²) >= 11 is 0. The van der Waals surface area contributed by atoms with E-state index >= 15 is 0 Å². The van der Waals surface area contributed by atoms with Crippen molar-refractivity contribution in [2.45, 2.75) is 40.7 Å². The first kappa shape index (κ1) is 10.7. The van der Waals surface area contributed by atoms with E-state index in [1.807, 2.05) is 0 Å². The third-order valence-electron chi connectivity index (χ3n) is 1.26. The summed E-state index contributed by atoms with van der Waals surface area (Å²) in [7, 11) is 0. The first-order valence-electron chi connectivity index (χ1n) is 4.33. The zero-order chi connectivity index (χ0) is 8.91. The van der Waals surface area contributed by atoms with E-state index in [2.05, 4.69) is 52.1 Å². The van der Waals surface area contributed by atoms with Crippen LogP contribution >= 0.6 is 0 Å². The van der Waals surface area contributed by atoms with Crippen LogP contribution in [-0.4, -0.2) is 12.6 Å². The van der Waals surface area contributed by atoms with Crippen LogP contribution in [0.4, 0.5) is 0 Å². The Morgan fingerprint density at radius 2 is 1.82 bits per heavy atom. The van der Waals surface area contributed by atoms with E-state index in [4.69, 9.17) is 0 Å². The maximum absolute atomic E-state index is 3.33. The van der Waals surface area contributed by atoms with Crippen molar-refractivity contribution in [2.24, 2.45) is 5.41 Å². The summed E-state index contributed by atoms with van der Waals surface area (Å²) in [4.78, 5) is 0. The smallest absolute Gasteiger partial charge is 0.0137 e. The van der Waals surface area contributed by atoms with E-state index < -0.39 is 0 Å². The third kappa shape index (κ3) is 9.70. The standard InChI is InChI=1S/C10H21N/c1-9(2)11-8-6-7-10(3,4)5/h6-7,9,11H,8H2,1-5H3. The lowest BCUT2D eigenvalue weighted by atomic mass is 9.96. The lowest BCUT2D eigenvalue weighted by molar-refractivity contribution is 0.539. The van der Waals surface area contributed by atoms with Crippen LogP contribution in [-0.2, 0) is 0 Å². The highest BCUT2D eigenvalue weighted by molar-refractivity contribution is 4.93. The molecule has 1 nitrogen and oxygen atoms in total. The van der Waals surface area contributed by atoms with Crippen LogP contribution in [0.15, 0.2) is 12.2 Å². The number of hydrogen-bond donors (Lipinski definition) is 1. The van der Waals surface area contributed by atoms with Gasteiger partial charge in [-0.15, -0.1) is 0 Å². The van der Waals surface area contributed by atoms with Crippen molar-refractivity contribution in [1.29, 1.82) is 0 Å². The highest BCUT2D eigenvalue weighted by Gasteiger charge is 2.02. The second kappa shape index (κ2) is 4.55. The largest absolute Gasteiger partial charge is 0.311 e. The molecule has 1 N–H and O–H groups in total. The molecular weight excluding hydrogens is 134 g/mol. The summed E-state index contributed by atoms with van der Waals surface area (Å²) < 4.78 is 0. The summed E-state index contributed by atoms with van der Waals surface area (Å²) in [6.07, 6.45) is 4.43. The molecule has 0 unspecified atom stereocenters. The van der Waals surface area contributed by atoms with Gasteiger partial charge in [-0.25, -0.2) is 0 Å². The maximum atomic E-state index is 3.33. The maximum Gasteiger partial charge on any atom is 0.0137 e. The fraction of sp³-hybridized carbons (Fsp3) is 0.800. The predicted octanol–water partition coefficient (Wildman–Crippen LogP) is 2.59. The molecule has 66 valence electrons. The molecule has 0 aromatic rings. The molecule has 1 heteroatoms. The molecule has 0 spiro atoms. The molecule has 0 atom stereocenters. The Morgan fingerprint density at radius 1 is 1.27 bits per heavy atom. The van der Waals surface area contributed by atoms with E-state index in [0.29, 0.717) is 11.5 Å². The molecule has 0 aromatic carbocycles. The first-order chi connectivity index (χ1) is 4.92. The molecule has 0 rings (SSSR count). The van der Waals surface area contributed by atoms with Crippen molar-refractivity contribution in [2.75, 3.05) is 6.54 Å². The van der Waals surface area contributed by atoms with Gasteiger partial charge in [0.2, 0.25) is 0 Å². The monoisotopic (exact) mass is 155 g/mol. The Hall–Kier alpha value is -0.300. The molecule has 11 heavy (non-hydrogen) atoms. The quantitative estimate of drug-likeness (QED) is 0.618. The van der Waals surface area contributed by atoms with Gasteiger partial charge in [-0.1, -0.05) is 46.8 Å². The van der Waals surface area contributed by atoms with Gasteiger partial charge in [0.1, 0.15) is 0 Å². The highest BCUT2D eigenvalue weighted by atomic mass is 14.9. The Bertz CT molecular complexity index is 117. The van der Waals surface area contributed by atoms with Crippen molar-refractivity contribution in [3.05, 3.63) is 12.2 Å². The third-order valence-corrected chi connectivity index (χ3v) is 1.26. The van der Waals surface area contributed by atoms with E-state index in [0.717, 1.165) is 6.54 Å². The normalized spacial score (nSPS) is 13.3. The number of nitrogens with one attached hydrogen (secondary N) is 1. The van der Waals surface area contributed by atoms with Crippen molar-refractivity contribution in [3.63, 3.8) is 0 Å². The molecule has 0 fully saturated rings. The highest BCUT2D eigenvalue weighted by Crippen LogP contribution is 2.13. The van der Waals surface area contributed by atoms with Crippen LogP contribution in [0.3, 0.4) is 0 Å². The van der Waals surface area contributed by atoms with Gasteiger partial charge < -0.3 is 5.32 Å². The number of allylic oxidation sites excluding steroid dienone is 1. The Labute approximate surface area is 70.9 Å². The minimum Gasteiger partial charge on any atom is -0.311 e. The summed E-state index contributed by atoms with van der Waals surface area (Å²) in [5.41, 5.74) is 0.318. The fourth-order valence-electron chi connectivity index (χ4n) is 0.716. The summed E-state index contributed by atoms with van der Waals surface area (Å²) in [6.45, 7) is 11.9. The molecule has 0 aliphatic heterocycles. The Kier molecular flexibility index (Phi) is 4.43. The average molecular weight is 155 g/mol. The second-order valence-corrected chi connectivity index (χ2v) is 4.33. The molecule has 0 amide bonds. The number of hydrogen-bond acceptors (Lipinski definition) is 1. The van der Waals surface area contributed by atoms with E-state index in [1.54, 1.807) is 0 Å². The van der Waals surface area contributed by atoms with Crippen LogP contribution in [0, 0.1) is 5.41 Å². The van der Waals surface area contributed by atoms with E-state index in [-0.39, 0.29) is 0 Å². The van der Waals surface area contributed by atoms with Crippen molar-refractivity contribution < 1.29 is 0 Å². The first-order valence-corrected chi connectivity index (χ1v) is 4.33. The van der Waals surface area contributed by atoms with Crippen LogP contribution in [0.25, 0.3) is 0 Å². The van der Waals surface area contributed by atoms with Gasteiger partial charge in [-0.3, -0.25) is 0 Å². The van der Waals surface area contributed by atoms with Crippen LogP contribution in [0.5, 0.6) is 0 Å². The Balaban J connectivity index is 3.46. The van der Waals surface area contributed by atoms with E-state index in [1.165, 1.54) is 0 Å². The summed E-state index contributed by atoms with van der Waals surface area (Å²) in [5.74, 6) is 0. The van der Waals surface area contributed by atoms with Crippen molar-refractivity contribution >= 4 is 0 Å². The average Bonchev–Trinajstić information content (AvgIpc) is 1.78. The molecular formula is C10H21N. The summed E-state index contributed by atoms with van der Waals surface area (Å²) in [5, 5.41) is 3.33. The molecule has 0 aliphatic rings. The minimum atomic E-state index is 0.318. The van der Waals surface area contributed by atoms with Gasteiger partial charge >= 0.3 is 0 Å². The predicted molar refractivity (Wildman–Crippen MR) is 51.7 cm³/mol. The fourth-order valence-corrected chi connectivity index (χ4v) is 0.716. The molecule has 0 aliphatic carbocycles. The van der Waals surface area contributed by atoms with Crippen molar-refractivity contribution in [1.82, 2.24) is 5.32 Å². The van der Waals surface area contributed by atoms with Gasteiger partial charge in [0.05, 0.1) is 0 Å². The molecule has 0 saturated carbocycles. The molecule has 0 aromatic heterocycles. The molecule has 0 heterocycles. The second-order valence-electron chi connectivity index (χ2n) is 4.33. The van der Waals surface area contributed by atoms with Gasteiger partial charge in [-0.2, -0.15) is 0 Å². The molecule has 0 radical (unpaired) electrons. The number of rotatable bonds is 3. The lowest BCUT2D eigenvalue weighted by Gasteiger charge is -2.11. The zero-order valence-electron chi connectivity index (χ0n) is 8.44. The lowest BCUT2D eigenvalue weighted by Crippen LogP contribution is -2.22. The van der Waals surface area contributed by atoms with Gasteiger partial charge in [0.25, 0.3) is 0 Å². The summed E-state index contributed by atoms with van der Waals surface area (Å²) in [6, 6.07) is 0.583. The SMILES string of the molecule is CC(C)NCC=CC(C)(C)C. The van der Waals surface area contributed by atoms with Crippen LogP contribution in [0.2, 0.25) is 0 Å². The van der Waals surface area contributed by atoms with Gasteiger partial charge in [-0.05, 0) is 5.41 Å². The zero-order valence-corrected chi connectivity index (χ0v) is 8.44. The van der Waals surface area contributed by atoms with Gasteiger partial charge in [0.15, 0.2) is 0 Å². The van der Waals surface area contributed by atoms with Crippen LogP contribution in [0.1, 0.15) is 34.6 Å². The molecule has 0 bridgehead atoms. The molecule has 0 saturated heterocycles.